The number of benzene rings is 1. The van der Waals surface area contributed by atoms with E-state index in [9.17, 15) is 18.4 Å². The molecule has 0 aliphatic heterocycles. The lowest BCUT2D eigenvalue weighted by Crippen LogP contribution is -2.43. The molecule has 7 heteroatoms. The highest BCUT2D eigenvalue weighted by molar-refractivity contribution is 5.92. The van der Waals surface area contributed by atoms with E-state index in [1.54, 1.807) is 0 Å². The number of hydrogen-bond donors (Lipinski definition) is 3. The number of anilines is 1. The first-order chi connectivity index (χ1) is 9.29. The van der Waals surface area contributed by atoms with Crippen molar-refractivity contribution in [3.05, 3.63) is 29.8 Å². The number of carbonyl (C=O) groups excluding carboxylic acids is 1. The van der Waals surface area contributed by atoms with E-state index in [0.717, 1.165) is 18.2 Å². The standard InChI is InChI=1S/C13H16F2N2O3/c1-7(2)5-11(12(18)19)17-13(20)16-10-6-8(14)3-4-9(10)15/h3-4,6-7,11H,5H2,1-2H3,(H,18,19)(H2,16,17,20)/t11-/m0/s1. The molecular formula is C13H16F2N2O3. The van der Waals surface area contributed by atoms with Gasteiger partial charge < -0.3 is 15.7 Å². The predicted molar refractivity (Wildman–Crippen MR) is 69.4 cm³/mol. The van der Waals surface area contributed by atoms with Crippen molar-refractivity contribution in [1.29, 1.82) is 0 Å². The van der Waals surface area contributed by atoms with E-state index in [4.69, 9.17) is 5.11 Å². The monoisotopic (exact) mass is 286 g/mol. The molecule has 1 aromatic rings. The summed E-state index contributed by atoms with van der Waals surface area (Å²) in [5, 5.41) is 13.2. The van der Waals surface area contributed by atoms with E-state index in [0.29, 0.717) is 0 Å². The molecule has 0 aliphatic rings. The molecule has 2 amide bonds. The number of amides is 2. The van der Waals surface area contributed by atoms with Crippen LogP contribution < -0.4 is 10.6 Å². The van der Waals surface area contributed by atoms with E-state index in [-0.39, 0.29) is 18.0 Å². The molecule has 1 rings (SSSR count). The molecule has 0 fully saturated rings. The van der Waals surface area contributed by atoms with Gasteiger partial charge in [-0.05, 0) is 24.5 Å². The molecule has 0 bridgehead atoms. The molecule has 110 valence electrons. The van der Waals surface area contributed by atoms with E-state index in [1.165, 1.54) is 0 Å². The van der Waals surface area contributed by atoms with Gasteiger partial charge in [0.2, 0.25) is 0 Å². The van der Waals surface area contributed by atoms with Crippen LogP contribution in [0.5, 0.6) is 0 Å². The van der Waals surface area contributed by atoms with E-state index in [1.807, 2.05) is 13.8 Å². The van der Waals surface area contributed by atoms with Gasteiger partial charge in [0, 0.05) is 6.07 Å². The van der Waals surface area contributed by atoms with Crippen LogP contribution in [0.3, 0.4) is 0 Å². The number of hydrogen-bond acceptors (Lipinski definition) is 2. The summed E-state index contributed by atoms with van der Waals surface area (Å²) in [5.41, 5.74) is -0.351. The van der Waals surface area contributed by atoms with Crippen molar-refractivity contribution in [3.8, 4) is 0 Å². The second-order valence-electron chi connectivity index (χ2n) is 4.74. The summed E-state index contributed by atoms with van der Waals surface area (Å²) in [6.45, 7) is 3.61. The number of halogens is 2. The fourth-order valence-corrected chi connectivity index (χ4v) is 1.60. The van der Waals surface area contributed by atoms with Crippen molar-refractivity contribution >= 4 is 17.7 Å². The minimum atomic E-state index is -1.19. The van der Waals surface area contributed by atoms with Gasteiger partial charge >= 0.3 is 12.0 Å². The summed E-state index contributed by atoms with van der Waals surface area (Å²) in [6, 6.07) is 0.604. The van der Waals surface area contributed by atoms with Gasteiger partial charge in [-0.1, -0.05) is 13.8 Å². The van der Waals surface area contributed by atoms with Crippen LogP contribution in [0.25, 0.3) is 0 Å². The van der Waals surface area contributed by atoms with Gasteiger partial charge in [-0.25, -0.2) is 18.4 Å². The fourth-order valence-electron chi connectivity index (χ4n) is 1.60. The number of urea groups is 1. The third kappa shape index (κ3) is 4.83. The van der Waals surface area contributed by atoms with Crippen molar-refractivity contribution in [3.63, 3.8) is 0 Å². The molecule has 0 aliphatic carbocycles. The maximum atomic E-state index is 13.3. The molecule has 0 aromatic heterocycles. The van der Waals surface area contributed by atoms with Gasteiger partial charge in [-0.15, -0.1) is 0 Å². The van der Waals surface area contributed by atoms with Gasteiger partial charge in [-0.3, -0.25) is 0 Å². The Hall–Kier alpha value is -2.18. The number of nitrogens with one attached hydrogen (secondary N) is 2. The smallest absolute Gasteiger partial charge is 0.326 e. The Morgan fingerprint density at radius 3 is 2.50 bits per heavy atom. The van der Waals surface area contributed by atoms with Crippen LogP contribution in [0, 0.1) is 17.6 Å². The summed E-state index contributed by atoms with van der Waals surface area (Å²) in [6.07, 6.45) is 0.231. The Morgan fingerprint density at radius 1 is 1.30 bits per heavy atom. The Kier molecular flexibility index (Phi) is 5.42. The second kappa shape index (κ2) is 6.83. The van der Waals surface area contributed by atoms with Crippen molar-refractivity contribution in [2.75, 3.05) is 5.32 Å². The third-order valence-corrected chi connectivity index (χ3v) is 2.49. The number of carbonyl (C=O) groups is 2. The summed E-state index contributed by atoms with van der Waals surface area (Å²) in [4.78, 5) is 22.6. The van der Waals surface area contributed by atoms with Crippen LogP contribution in [0.1, 0.15) is 20.3 Å². The molecule has 1 atom stereocenters. The highest BCUT2D eigenvalue weighted by Crippen LogP contribution is 2.15. The normalized spacial score (nSPS) is 12.1. The van der Waals surface area contributed by atoms with Crippen LogP contribution in [-0.2, 0) is 4.79 Å². The number of rotatable bonds is 5. The Morgan fingerprint density at radius 2 is 1.95 bits per heavy atom. The lowest BCUT2D eigenvalue weighted by atomic mass is 10.0. The van der Waals surface area contributed by atoms with Crippen LogP contribution in [0.4, 0.5) is 19.3 Å². The minimum absolute atomic E-state index is 0.0577. The van der Waals surface area contributed by atoms with Crippen LogP contribution in [0.2, 0.25) is 0 Å². The number of carboxylic acids is 1. The first-order valence-corrected chi connectivity index (χ1v) is 6.05. The van der Waals surface area contributed by atoms with Gasteiger partial charge in [0.05, 0.1) is 5.69 Å². The van der Waals surface area contributed by atoms with E-state index in [2.05, 4.69) is 10.6 Å². The highest BCUT2D eigenvalue weighted by Gasteiger charge is 2.21. The number of carboxylic acid groups (broad SMARTS) is 1. The fraction of sp³-hybridized carbons (Fsp3) is 0.385. The second-order valence-corrected chi connectivity index (χ2v) is 4.74. The molecule has 0 heterocycles. The van der Waals surface area contributed by atoms with Gasteiger partial charge in [0.1, 0.15) is 17.7 Å². The lowest BCUT2D eigenvalue weighted by molar-refractivity contribution is -0.139. The zero-order valence-corrected chi connectivity index (χ0v) is 11.1. The summed E-state index contributed by atoms with van der Waals surface area (Å²) in [5.74, 6) is -2.65. The average molecular weight is 286 g/mol. The first kappa shape index (κ1) is 15.9. The molecule has 0 radical (unpaired) electrons. The van der Waals surface area contributed by atoms with E-state index >= 15 is 0 Å². The molecule has 5 nitrogen and oxygen atoms in total. The van der Waals surface area contributed by atoms with Crippen molar-refractivity contribution in [2.24, 2.45) is 5.92 Å². The molecule has 20 heavy (non-hydrogen) atoms. The lowest BCUT2D eigenvalue weighted by Gasteiger charge is -2.17. The maximum Gasteiger partial charge on any atom is 0.326 e. The van der Waals surface area contributed by atoms with Gasteiger partial charge in [0.15, 0.2) is 0 Å². The molecule has 1 aromatic carbocycles. The predicted octanol–water partition coefficient (Wildman–Crippen LogP) is 2.59. The van der Waals surface area contributed by atoms with Crippen LogP contribution in [0.15, 0.2) is 18.2 Å². The molecule has 0 saturated carbocycles. The molecule has 0 unspecified atom stereocenters. The van der Waals surface area contributed by atoms with Crippen LogP contribution in [-0.4, -0.2) is 23.1 Å². The first-order valence-electron chi connectivity index (χ1n) is 6.05. The zero-order chi connectivity index (χ0) is 15.3. The van der Waals surface area contributed by atoms with Crippen LogP contribution >= 0.6 is 0 Å². The van der Waals surface area contributed by atoms with Crippen molar-refractivity contribution in [2.45, 2.75) is 26.3 Å². The number of aliphatic carboxylic acids is 1. The third-order valence-electron chi connectivity index (χ3n) is 2.49. The molecule has 0 saturated heterocycles. The Balaban J connectivity index is 2.70. The largest absolute Gasteiger partial charge is 0.480 e. The summed E-state index contributed by atoms with van der Waals surface area (Å²) in [7, 11) is 0. The average Bonchev–Trinajstić information content (AvgIpc) is 2.32. The summed E-state index contributed by atoms with van der Waals surface area (Å²) >= 11 is 0. The molecule has 3 N–H and O–H groups in total. The van der Waals surface area contributed by atoms with E-state index < -0.39 is 29.7 Å². The van der Waals surface area contributed by atoms with Gasteiger partial charge in [0.25, 0.3) is 0 Å². The van der Waals surface area contributed by atoms with Crippen molar-refractivity contribution < 1.29 is 23.5 Å². The SMILES string of the molecule is CC(C)C[C@H](NC(=O)Nc1cc(F)ccc1F)C(=O)O. The molecule has 0 spiro atoms. The van der Waals surface area contributed by atoms with Gasteiger partial charge in [-0.2, -0.15) is 0 Å². The van der Waals surface area contributed by atoms with Crippen molar-refractivity contribution in [1.82, 2.24) is 5.32 Å². The zero-order valence-electron chi connectivity index (χ0n) is 11.1. The summed E-state index contributed by atoms with van der Waals surface area (Å²) < 4.78 is 26.2. The topological polar surface area (TPSA) is 78.4 Å². The molecular weight excluding hydrogens is 270 g/mol. The quantitative estimate of drug-likeness (QED) is 0.778. The highest BCUT2D eigenvalue weighted by atomic mass is 19.1. The Labute approximate surface area is 115 Å². The minimum Gasteiger partial charge on any atom is -0.480 e. The Bertz CT molecular complexity index is 506. The maximum absolute atomic E-state index is 13.3.